The van der Waals surface area contributed by atoms with E-state index in [9.17, 15) is 0 Å². The minimum atomic E-state index is 0.633. The van der Waals surface area contributed by atoms with Gasteiger partial charge in [0.2, 0.25) is 0 Å². The number of likely N-dealkylation sites (tertiary alicyclic amines) is 1. The van der Waals surface area contributed by atoms with Crippen molar-refractivity contribution in [2.75, 3.05) is 37.4 Å². The molecule has 4 rings (SSSR count). The van der Waals surface area contributed by atoms with Crippen LogP contribution in [0.4, 0.5) is 17.1 Å². The van der Waals surface area contributed by atoms with E-state index in [-0.39, 0.29) is 0 Å². The number of piperidine rings is 1. The first kappa shape index (κ1) is 14.6. The number of likely N-dealkylation sites (N-methyl/N-ethyl adjacent to an activating group) is 2. The molecule has 2 heterocycles. The van der Waals surface area contributed by atoms with Gasteiger partial charge in [-0.25, -0.2) is 0 Å². The van der Waals surface area contributed by atoms with Gasteiger partial charge in [-0.3, -0.25) is 0 Å². The van der Waals surface area contributed by atoms with Crippen molar-refractivity contribution in [1.29, 1.82) is 0 Å². The van der Waals surface area contributed by atoms with Crippen LogP contribution in [-0.4, -0.2) is 38.1 Å². The second-order valence-electron chi connectivity index (χ2n) is 7.07. The van der Waals surface area contributed by atoms with Gasteiger partial charge >= 0.3 is 0 Å². The number of fused-ring (bicyclic) bond motifs is 3. The van der Waals surface area contributed by atoms with E-state index in [0.717, 1.165) is 12.2 Å². The van der Waals surface area contributed by atoms with Crippen LogP contribution in [0.2, 0.25) is 0 Å². The summed E-state index contributed by atoms with van der Waals surface area (Å²) in [5.74, 6) is 0.633. The summed E-state index contributed by atoms with van der Waals surface area (Å²) < 4.78 is 0. The van der Waals surface area contributed by atoms with Crippen LogP contribution in [0.5, 0.6) is 0 Å². The molecule has 120 valence electrons. The second kappa shape index (κ2) is 5.57. The van der Waals surface area contributed by atoms with Crippen molar-refractivity contribution in [2.45, 2.75) is 25.3 Å². The van der Waals surface area contributed by atoms with E-state index in [1.807, 2.05) is 0 Å². The molecule has 2 aromatic carbocycles. The van der Waals surface area contributed by atoms with E-state index in [1.54, 1.807) is 0 Å². The van der Waals surface area contributed by atoms with Crippen LogP contribution in [0.25, 0.3) is 0 Å². The van der Waals surface area contributed by atoms with E-state index >= 15 is 0 Å². The summed E-state index contributed by atoms with van der Waals surface area (Å²) in [6.07, 6.45) is 1.25. The standard InChI is InChI=1S/C20H25N3/c1-14-7-9-15(10-8-14)21-18-6-4-5-16-17-13-22(2)12-11-19(17)23(3)20(16)18/h4-10,17,19,21H,11-13H2,1-3H3/t17-,19+/m0/s1. The molecule has 0 amide bonds. The number of anilines is 3. The molecule has 3 nitrogen and oxygen atoms in total. The van der Waals surface area contributed by atoms with Crippen molar-refractivity contribution in [3.05, 3.63) is 53.6 Å². The summed E-state index contributed by atoms with van der Waals surface area (Å²) in [6.45, 7) is 4.48. The van der Waals surface area contributed by atoms with Crippen molar-refractivity contribution < 1.29 is 0 Å². The Hall–Kier alpha value is -2.00. The van der Waals surface area contributed by atoms with Crippen molar-refractivity contribution >= 4 is 17.1 Å². The zero-order valence-corrected chi connectivity index (χ0v) is 14.2. The highest BCUT2D eigenvalue weighted by Crippen LogP contribution is 2.47. The van der Waals surface area contributed by atoms with Crippen molar-refractivity contribution in [1.82, 2.24) is 4.90 Å². The third-order valence-corrected chi connectivity index (χ3v) is 5.43. The first-order chi connectivity index (χ1) is 11.1. The molecule has 1 fully saturated rings. The second-order valence-corrected chi connectivity index (χ2v) is 7.07. The predicted octanol–water partition coefficient (Wildman–Crippen LogP) is 3.98. The van der Waals surface area contributed by atoms with Gasteiger partial charge in [0.15, 0.2) is 0 Å². The van der Waals surface area contributed by atoms with Gasteiger partial charge in [0.1, 0.15) is 0 Å². The molecule has 0 bridgehead atoms. The number of nitrogens with zero attached hydrogens (tertiary/aromatic N) is 2. The molecule has 2 aromatic rings. The van der Waals surface area contributed by atoms with Gasteiger partial charge in [-0.2, -0.15) is 0 Å². The normalized spacial score (nSPS) is 23.5. The lowest BCUT2D eigenvalue weighted by atomic mass is 9.89. The zero-order valence-electron chi connectivity index (χ0n) is 14.2. The van der Waals surface area contributed by atoms with Crippen molar-refractivity contribution in [3.8, 4) is 0 Å². The fourth-order valence-electron chi connectivity index (χ4n) is 4.19. The summed E-state index contributed by atoms with van der Waals surface area (Å²) >= 11 is 0. The summed E-state index contributed by atoms with van der Waals surface area (Å²) in [7, 11) is 4.50. The highest BCUT2D eigenvalue weighted by Gasteiger charge is 2.40. The van der Waals surface area contributed by atoms with Crippen LogP contribution in [0.15, 0.2) is 42.5 Å². The molecule has 0 radical (unpaired) electrons. The fourth-order valence-corrected chi connectivity index (χ4v) is 4.19. The Balaban J connectivity index is 1.70. The molecule has 3 heteroatoms. The predicted molar refractivity (Wildman–Crippen MR) is 97.9 cm³/mol. The highest BCUT2D eigenvalue weighted by atomic mass is 15.2. The maximum Gasteiger partial charge on any atom is 0.0642 e. The van der Waals surface area contributed by atoms with Gasteiger partial charge in [-0.1, -0.05) is 29.8 Å². The third kappa shape index (κ3) is 2.49. The minimum Gasteiger partial charge on any atom is -0.369 e. The Bertz CT molecular complexity index is 707. The molecule has 0 unspecified atom stereocenters. The number of para-hydroxylation sites is 1. The smallest absolute Gasteiger partial charge is 0.0642 e. The first-order valence-corrected chi connectivity index (χ1v) is 8.51. The molecule has 2 atom stereocenters. The van der Waals surface area contributed by atoms with Gasteiger partial charge in [0.05, 0.1) is 11.4 Å². The number of rotatable bonds is 2. The molecular formula is C20H25N3. The van der Waals surface area contributed by atoms with E-state index in [1.165, 1.54) is 35.5 Å². The van der Waals surface area contributed by atoms with E-state index in [0.29, 0.717) is 12.0 Å². The molecule has 0 aliphatic carbocycles. The van der Waals surface area contributed by atoms with E-state index < -0.39 is 0 Å². The molecule has 0 saturated carbocycles. The van der Waals surface area contributed by atoms with Crippen LogP contribution >= 0.6 is 0 Å². The molecule has 1 N–H and O–H groups in total. The summed E-state index contributed by atoms with van der Waals surface area (Å²) in [5, 5.41) is 3.63. The Kier molecular flexibility index (Phi) is 3.53. The molecule has 0 aromatic heterocycles. The summed E-state index contributed by atoms with van der Waals surface area (Å²) in [4.78, 5) is 4.97. The molecule has 2 aliphatic rings. The van der Waals surface area contributed by atoms with Gasteiger partial charge in [-0.15, -0.1) is 0 Å². The average Bonchev–Trinajstić information content (AvgIpc) is 2.83. The SMILES string of the molecule is Cc1ccc(Nc2cccc3c2N(C)[C@@H]2CCN(C)C[C@@H]32)cc1. The van der Waals surface area contributed by atoms with Crippen LogP contribution < -0.4 is 10.2 Å². The molecule has 0 spiro atoms. The molecule has 2 aliphatic heterocycles. The number of hydrogen-bond donors (Lipinski definition) is 1. The monoisotopic (exact) mass is 307 g/mol. The average molecular weight is 307 g/mol. The van der Waals surface area contributed by atoms with Crippen LogP contribution in [0.3, 0.4) is 0 Å². The zero-order chi connectivity index (χ0) is 16.0. The molecule has 1 saturated heterocycles. The summed E-state index contributed by atoms with van der Waals surface area (Å²) in [5.41, 5.74) is 6.56. The quantitative estimate of drug-likeness (QED) is 0.905. The maximum atomic E-state index is 3.63. The minimum absolute atomic E-state index is 0.633. The number of benzene rings is 2. The van der Waals surface area contributed by atoms with Crippen LogP contribution in [-0.2, 0) is 0 Å². The summed E-state index contributed by atoms with van der Waals surface area (Å²) in [6, 6.07) is 16.0. The van der Waals surface area contributed by atoms with Gasteiger partial charge in [-0.05, 0) is 50.7 Å². The lowest BCUT2D eigenvalue weighted by molar-refractivity contribution is 0.234. The lowest BCUT2D eigenvalue weighted by Crippen LogP contribution is -2.43. The first-order valence-electron chi connectivity index (χ1n) is 8.51. The number of hydrogen-bond acceptors (Lipinski definition) is 3. The Morgan fingerprint density at radius 1 is 1.04 bits per heavy atom. The Morgan fingerprint density at radius 2 is 1.83 bits per heavy atom. The number of aryl methyl sites for hydroxylation is 1. The Morgan fingerprint density at radius 3 is 2.61 bits per heavy atom. The van der Waals surface area contributed by atoms with Gasteiger partial charge < -0.3 is 15.1 Å². The Labute approximate surface area is 138 Å². The van der Waals surface area contributed by atoms with Crippen LogP contribution in [0, 0.1) is 6.92 Å². The maximum absolute atomic E-state index is 3.63. The lowest BCUT2D eigenvalue weighted by Gasteiger charge is -2.35. The largest absolute Gasteiger partial charge is 0.369 e. The number of nitrogens with one attached hydrogen (secondary N) is 1. The topological polar surface area (TPSA) is 18.5 Å². The highest BCUT2D eigenvalue weighted by molar-refractivity contribution is 5.81. The van der Waals surface area contributed by atoms with Crippen molar-refractivity contribution in [3.63, 3.8) is 0 Å². The third-order valence-electron chi connectivity index (χ3n) is 5.43. The molecule has 23 heavy (non-hydrogen) atoms. The van der Waals surface area contributed by atoms with Crippen LogP contribution in [0.1, 0.15) is 23.5 Å². The van der Waals surface area contributed by atoms with Gasteiger partial charge in [0, 0.05) is 31.2 Å². The van der Waals surface area contributed by atoms with E-state index in [4.69, 9.17) is 0 Å². The van der Waals surface area contributed by atoms with E-state index in [2.05, 4.69) is 78.6 Å². The van der Waals surface area contributed by atoms with Gasteiger partial charge in [0.25, 0.3) is 0 Å². The van der Waals surface area contributed by atoms with Crippen molar-refractivity contribution in [2.24, 2.45) is 0 Å². The molecular weight excluding hydrogens is 282 g/mol. The fraction of sp³-hybridized carbons (Fsp3) is 0.400.